The largest absolute Gasteiger partial charge is 0.488 e. The van der Waals surface area contributed by atoms with Crippen LogP contribution in [-0.2, 0) is 4.79 Å². The molecule has 0 spiro atoms. The fraction of sp³-hybridized carbons (Fsp3) is 0.562. The standard InChI is InChI=1S/C16H18ClF4NO2/c1-10(7-24-12-6-4-3-5-11(12)18)22-13(23)15(16(19,20)21)8-14(2,17)9-15/h3-6,10H,7-9H2,1-2H3,(H,22,23)/t10-,14?,15?/m1/s1. The molecule has 8 heteroatoms. The van der Waals surface area contributed by atoms with Gasteiger partial charge in [0, 0.05) is 4.87 Å². The van der Waals surface area contributed by atoms with Gasteiger partial charge in [0.1, 0.15) is 12.0 Å². The van der Waals surface area contributed by atoms with E-state index in [0.29, 0.717) is 0 Å². The van der Waals surface area contributed by atoms with Gasteiger partial charge in [-0.2, -0.15) is 13.2 Å². The Kier molecular flexibility index (Phi) is 5.04. The highest BCUT2D eigenvalue weighted by Crippen LogP contribution is 2.60. The van der Waals surface area contributed by atoms with E-state index in [2.05, 4.69) is 5.32 Å². The minimum Gasteiger partial charge on any atom is -0.488 e. The van der Waals surface area contributed by atoms with Crippen molar-refractivity contribution < 1.29 is 27.1 Å². The van der Waals surface area contributed by atoms with Crippen LogP contribution in [0.1, 0.15) is 26.7 Å². The molecule has 1 N–H and O–H groups in total. The smallest absolute Gasteiger partial charge is 0.403 e. The molecule has 1 aromatic rings. The van der Waals surface area contributed by atoms with Crippen LogP contribution >= 0.6 is 11.6 Å². The normalized spacial score (nSPS) is 28.0. The molecule has 0 aliphatic heterocycles. The van der Waals surface area contributed by atoms with Crippen LogP contribution in [0.25, 0.3) is 0 Å². The van der Waals surface area contributed by atoms with Crippen molar-refractivity contribution in [1.82, 2.24) is 5.32 Å². The van der Waals surface area contributed by atoms with E-state index in [1.165, 1.54) is 32.0 Å². The van der Waals surface area contributed by atoms with Crippen LogP contribution in [0.15, 0.2) is 24.3 Å². The average molecular weight is 368 g/mol. The average Bonchev–Trinajstić information content (AvgIpc) is 2.42. The maximum absolute atomic E-state index is 13.4. The molecule has 0 unspecified atom stereocenters. The molecule has 1 saturated carbocycles. The summed E-state index contributed by atoms with van der Waals surface area (Å²) < 4.78 is 58.5. The van der Waals surface area contributed by atoms with E-state index in [-0.39, 0.29) is 12.4 Å². The van der Waals surface area contributed by atoms with Crippen LogP contribution < -0.4 is 10.1 Å². The second kappa shape index (κ2) is 6.43. The zero-order valence-corrected chi connectivity index (χ0v) is 14.0. The van der Waals surface area contributed by atoms with Gasteiger partial charge in [-0.1, -0.05) is 12.1 Å². The van der Waals surface area contributed by atoms with Gasteiger partial charge in [0.05, 0.1) is 6.04 Å². The first-order chi connectivity index (χ1) is 11.0. The molecule has 0 radical (unpaired) electrons. The number of alkyl halides is 4. The molecule has 0 heterocycles. The molecule has 1 fully saturated rings. The third-order valence-corrected chi connectivity index (χ3v) is 4.29. The first kappa shape index (κ1) is 18.8. The number of hydrogen-bond donors (Lipinski definition) is 1. The summed E-state index contributed by atoms with van der Waals surface area (Å²) in [5.74, 6) is -1.74. The minimum atomic E-state index is -4.68. The van der Waals surface area contributed by atoms with Crippen LogP contribution in [0.3, 0.4) is 0 Å². The Morgan fingerprint density at radius 3 is 2.46 bits per heavy atom. The summed E-state index contributed by atoms with van der Waals surface area (Å²) in [4.78, 5) is 11.1. The van der Waals surface area contributed by atoms with Gasteiger partial charge in [-0.25, -0.2) is 4.39 Å². The van der Waals surface area contributed by atoms with Gasteiger partial charge in [0.2, 0.25) is 5.91 Å². The number of nitrogens with one attached hydrogen (secondary N) is 1. The van der Waals surface area contributed by atoms with Crippen LogP contribution in [0.5, 0.6) is 5.75 Å². The van der Waals surface area contributed by atoms with Crippen LogP contribution in [-0.4, -0.2) is 29.6 Å². The Labute approximate surface area is 142 Å². The van der Waals surface area contributed by atoms with Gasteiger partial charge < -0.3 is 10.1 Å². The van der Waals surface area contributed by atoms with E-state index in [1.807, 2.05) is 0 Å². The fourth-order valence-electron chi connectivity index (χ4n) is 2.88. The summed E-state index contributed by atoms with van der Waals surface area (Å²) in [6, 6.07) is 4.92. The number of hydrogen-bond acceptors (Lipinski definition) is 2. The SMILES string of the molecule is C[C@H](COc1ccccc1F)NC(=O)C1(C(F)(F)F)CC(C)(Cl)C1. The molecular formula is C16H18ClF4NO2. The van der Waals surface area contributed by atoms with Gasteiger partial charge in [-0.05, 0) is 38.8 Å². The Morgan fingerprint density at radius 2 is 1.96 bits per heavy atom. The van der Waals surface area contributed by atoms with E-state index in [1.54, 1.807) is 6.07 Å². The van der Waals surface area contributed by atoms with Crippen LogP contribution in [0, 0.1) is 11.2 Å². The molecule has 134 valence electrons. The van der Waals surface area contributed by atoms with E-state index in [9.17, 15) is 22.4 Å². The van der Waals surface area contributed by atoms with Crippen molar-refractivity contribution in [2.24, 2.45) is 5.41 Å². The number of carbonyl (C=O) groups is 1. The molecule has 1 aliphatic carbocycles. The van der Waals surface area contributed by atoms with Crippen molar-refractivity contribution in [2.75, 3.05) is 6.61 Å². The molecule has 0 saturated heterocycles. The lowest BCUT2D eigenvalue weighted by atomic mass is 9.60. The highest BCUT2D eigenvalue weighted by molar-refractivity contribution is 6.25. The monoisotopic (exact) mass is 367 g/mol. The number of carbonyl (C=O) groups excluding carboxylic acids is 1. The van der Waals surface area contributed by atoms with E-state index >= 15 is 0 Å². The molecule has 0 aromatic heterocycles. The highest BCUT2D eigenvalue weighted by atomic mass is 35.5. The highest BCUT2D eigenvalue weighted by Gasteiger charge is 2.70. The fourth-order valence-corrected chi connectivity index (χ4v) is 3.33. The Morgan fingerprint density at radius 1 is 1.38 bits per heavy atom. The van der Waals surface area contributed by atoms with Crippen molar-refractivity contribution in [3.8, 4) is 5.75 Å². The second-order valence-corrected chi connectivity index (χ2v) is 7.38. The Bertz CT molecular complexity index is 610. The summed E-state index contributed by atoms with van der Waals surface area (Å²) in [5, 5.41) is 2.29. The zero-order valence-electron chi connectivity index (χ0n) is 13.2. The predicted molar refractivity (Wildman–Crippen MR) is 81.5 cm³/mol. The zero-order chi connectivity index (χ0) is 18.2. The lowest BCUT2D eigenvalue weighted by Crippen LogP contribution is -2.63. The number of rotatable bonds is 5. The summed E-state index contributed by atoms with van der Waals surface area (Å²) in [6.45, 7) is 2.80. The van der Waals surface area contributed by atoms with Crippen molar-refractivity contribution >= 4 is 17.5 Å². The van der Waals surface area contributed by atoms with E-state index < -0.39 is 47.1 Å². The maximum atomic E-state index is 13.4. The molecule has 24 heavy (non-hydrogen) atoms. The van der Waals surface area contributed by atoms with Gasteiger partial charge >= 0.3 is 6.18 Å². The van der Waals surface area contributed by atoms with E-state index in [0.717, 1.165) is 0 Å². The Balaban J connectivity index is 1.97. The lowest BCUT2D eigenvalue weighted by molar-refractivity contribution is -0.249. The molecule has 1 atom stereocenters. The van der Waals surface area contributed by atoms with Crippen molar-refractivity contribution in [3.05, 3.63) is 30.1 Å². The van der Waals surface area contributed by atoms with E-state index in [4.69, 9.17) is 16.3 Å². The van der Waals surface area contributed by atoms with Crippen molar-refractivity contribution in [2.45, 2.75) is 43.8 Å². The van der Waals surface area contributed by atoms with Crippen LogP contribution in [0.2, 0.25) is 0 Å². The summed E-state index contributed by atoms with van der Waals surface area (Å²) >= 11 is 5.89. The maximum Gasteiger partial charge on any atom is 0.403 e. The van der Waals surface area contributed by atoms with Gasteiger partial charge in [0.15, 0.2) is 11.6 Å². The molecule has 1 aliphatic rings. The van der Waals surface area contributed by atoms with Crippen LogP contribution in [0.4, 0.5) is 17.6 Å². The molecule has 0 bridgehead atoms. The van der Waals surface area contributed by atoms with Gasteiger partial charge in [-0.3, -0.25) is 4.79 Å². The van der Waals surface area contributed by atoms with Crippen molar-refractivity contribution in [3.63, 3.8) is 0 Å². The molecule has 1 aromatic carbocycles. The number of benzene rings is 1. The van der Waals surface area contributed by atoms with Crippen molar-refractivity contribution in [1.29, 1.82) is 0 Å². The minimum absolute atomic E-state index is 0.0267. The molecular weight excluding hydrogens is 350 g/mol. The quantitative estimate of drug-likeness (QED) is 0.630. The topological polar surface area (TPSA) is 38.3 Å². The number of ether oxygens (including phenoxy) is 1. The predicted octanol–water partition coefficient (Wildman–Crippen LogP) is 4.05. The number of halogens is 5. The Hall–Kier alpha value is -1.50. The third-order valence-electron chi connectivity index (χ3n) is 4.02. The molecule has 3 nitrogen and oxygen atoms in total. The summed E-state index contributed by atoms with van der Waals surface area (Å²) in [5.41, 5.74) is -2.48. The first-order valence-corrected chi connectivity index (χ1v) is 7.79. The summed E-state index contributed by atoms with van der Waals surface area (Å²) in [7, 11) is 0. The number of para-hydroxylation sites is 1. The van der Waals surface area contributed by atoms with Gasteiger partial charge in [0.25, 0.3) is 0 Å². The summed E-state index contributed by atoms with van der Waals surface area (Å²) in [6.07, 6.45) is -5.63. The van der Waals surface area contributed by atoms with Gasteiger partial charge in [-0.15, -0.1) is 11.6 Å². The second-order valence-electron chi connectivity index (χ2n) is 6.46. The number of amides is 1. The third kappa shape index (κ3) is 3.77. The first-order valence-electron chi connectivity index (χ1n) is 7.41. The molecule has 1 amide bonds. The lowest BCUT2D eigenvalue weighted by Gasteiger charge is -2.50. The molecule has 2 rings (SSSR count).